The molecular formula is C20H25NO. The highest BCUT2D eigenvalue weighted by Crippen LogP contribution is 2.14. The van der Waals surface area contributed by atoms with Crippen molar-refractivity contribution >= 4 is 5.91 Å². The highest BCUT2D eigenvalue weighted by atomic mass is 16.1. The molecule has 0 bridgehead atoms. The molecule has 2 aromatic rings. The van der Waals surface area contributed by atoms with Crippen molar-refractivity contribution in [3.63, 3.8) is 0 Å². The summed E-state index contributed by atoms with van der Waals surface area (Å²) in [6.07, 6.45) is 1.35. The van der Waals surface area contributed by atoms with Gasteiger partial charge in [0.05, 0.1) is 0 Å². The van der Waals surface area contributed by atoms with E-state index in [1.807, 2.05) is 18.2 Å². The minimum atomic E-state index is 0.128. The second-order valence-electron chi connectivity index (χ2n) is 6.05. The van der Waals surface area contributed by atoms with E-state index >= 15 is 0 Å². The Morgan fingerprint density at radius 3 is 2.50 bits per heavy atom. The summed E-state index contributed by atoms with van der Waals surface area (Å²) in [4.78, 5) is 12.0. The van der Waals surface area contributed by atoms with Gasteiger partial charge in [0, 0.05) is 13.0 Å². The fourth-order valence-electron chi connectivity index (χ4n) is 2.63. The molecule has 0 aliphatic carbocycles. The summed E-state index contributed by atoms with van der Waals surface area (Å²) >= 11 is 0. The van der Waals surface area contributed by atoms with Crippen LogP contribution in [-0.2, 0) is 11.2 Å². The standard InChI is InChI=1S/C20H25NO/c1-15-9-10-19(16(2)13-15)11-12-20(22)21-14-17(3)18-7-5-4-6-8-18/h4-10,13,17H,11-12,14H2,1-3H3,(H,21,22). The molecule has 1 amide bonds. The van der Waals surface area contributed by atoms with E-state index in [0.717, 1.165) is 6.42 Å². The molecule has 1 atom stereocenters. The van der Waals surface area contributed by atoms with Crippen molar-refractivity contribution in [3.05, 3.63) is 70.8 Å². The van der Waals surface area contributed by atoms with Gasteiger partial charge >= 0.3 is 0 Å². The van der Waals surface area contributed by atoms with Crippen molar-refractivity contribution in [1.82, 2.24) is 5.32 Å². The topological polar surface area (TPSA) is 29.1 Å². The van der Waals surface area contributed by atoms with Crippen LogP contribution in [0.25, 0.3) is 0 Å². The van der Waals surface area contributed by atoms with Gasteiger partial charge in [0.25, 0.3) is 0 Å². The molecule has 0 heterocycles. The molecule has 0 saturated heterocycles. The van der Waals surface area contributed by atoms with Crippen molar-refractivity contribution < 1.29 is 4.79 Å². The van der Waals surface area contributed by atoms with E-state index in [0.29, 0.717) is 18.9 Å². The summed E-state index contributed by atoms with van der Waals surface area (Å²) in [5, 5.41) is 3.04. The molecule has 1 unspecified atom stereocenters. The maximum atomic E-state index is 12.0. The van der Waals surface area contributed by atoms with Crippen LogP contribution in [0.1, 0.15) is 41.5 Å². The monoisotopic (exact) mass is 295 g/mol. The molecule has 1 N–H and O–H groups in total. The lowest BCUT2D eigenvalue weighted by Gasteiger charge is -2.13. The normalized spacial score (nSPS) is 12.0. The van der Waals surface area contributed by atoms with Crippen molar-refractivity contribution in [1.29, 1.82) is 0 Å². The average molecular weight is 295 g/mol. The van der Waals surface area contributed by atoms with Gasteiger partial charge < -0.3 is 5.32 Å². The summed E-state index contributed by atoms with van der Waals surface area (Å²) in [5.41, 5.74) is 5.06. The summed E-state index contributed by atoms with van der Waals surface area (Å²) in [6.45, 7) is 7.03. The molecule has 0 fully saturated rings. The van der Waals surface area contributed by atoms with Gasteiger partial charge in [0.1, 0.15) is 0 Å². The summed E-state index contributed by atoms with van der Waals surface area (Å²) in [5.74, 6) is 0.467. The van der Waals surface area contributed by atoms with Gasteiger partial charge in [-0.3, -0.25) is 4.79 Å². The van der Waals surface area contributed by atoms with E-state index in [4.69, 9.17) is 0 Å². The smallest absolute Gasteiger partial charge is 0.220 e. The number of benzene rings is 2. The van der Waals surface area contributed by atoms with E-state index in [1.165, 1.54) is 22.3 Å². The van der Waals surface area contributed by atoms with Crippen LogP contribution in [0.15, 0.2) is 48.5 Å². The quantitative estimate of drug-likeness (QED) is 0.852. The van der Waals surface area contributed by atoms with Gasteiger partial charge in [-0.05, 0) is 42.9 Å². The molecule has 2 aromatic carbocycles. The number of amides is 1. The lowest BCUT2D eigenvalue weighted by Crippen LogP contribution is -2.27. The second-order valence-corrected chi connectivity index (χ2v) is 6.05. The van der Waals surface area contributed by atoms with Crippen LogP contribution in [-0.4, -0.2) is 12.5 Å². The van der Waals surface area contributed by atoms with E-state index < -0.39 is 0 Å². The maximum Gasteiger partial charge on any atom is 0.220 e. The lowest BCUT2D eigenvalue weighted by atomic mass is 10.0. The Bertz CT molecular complexity index is 619. The number of nitrogens with one attached hydrogen (secondary N) is 1. The first-order valence-corrected chi connectivity index (χ1v) is 7.94. The van der Waals surface area contributed by atoms with Crippen molar-refractivity contribution in [2.24, 2.45) is 0 Å². The molecule has 0 aliphatic heterocycles. The minimum absolute atomic E-state index is 0.128. The molecule has 0 aliphatic rings. The lowest BCUT2D eigenvalue weighted by molar-refractivity contribution is -0.121. The Balaban J connectivity index is 1.78. The molecule has 2 rings (SSSR count). The highest BCUT2D eigenvalue weighted by Gasteiger charge is 2.08. The van der Waals surface area contributed by atoms with Gasteiger partial charge in [-0.2, -0.15) is 0 Å². The predicted octanol–water partition coefficient (Wildman–Crippen LogP) is 4.16. The number of carbonyl (C=O) groups is 1. The van der Waals surface area contributed by atoms with Crippen LogP contribution in [0.3, 0.4) is 0 Å². The maximum absolute atomic E-state index is 12.0. The molecule has 0 aromatic heterocycles. The zero-order chi connectivity index (χ0) is 15.9. The van der Waals surface area contributed by atoms with Crippen LogP contribution in [0.2, 0.25) is 0 Å². The van der Waals surface area contributed by atoms with E-state index in [9.17, 15) is 4.79 Å². The molecule has 22 heavy (non-hydrogen) atoms. The zero-order valence-corrected chi connectivity index (χ0v) is 13.7. The van der Waals surface area contributed by atoms with E-state index in [2.05, 4.69) is 56.4 Å². The largest absolute Gasteiger partial charge is 0.355 e. The van der Waals surface area contributed by atoms with Crippen LogP contribution >= 0.6 is 0 Å². The molecule has 0 spiro atoms. The Kier molecular flexibility index (Phi) is 5.76. The van der Waals surface area contributed by atoms with Crippen LogP contribution < -0.4 is 5.32 Å². The van der Waals surface area contributed by atoms with Gasteiger partial charge in [0.15, 0.2) is 0 Å². The minimum Gasteiger partial charge on any atom is -0.355 e. The van der Waals surface area contributed by atoms with Gasteiger partial charge in [-0.15, -0.1) is 0 Å². The molecule has 116 valence electrons. The fraction of sp³-hybridized carbons (Fsp3) is 0.350. The molecule has 2 nitrogen and oxygen atoms in total. The predicted molar refractivity (Wildman–Crippen MR) is 92.1 cm³/mol. The van der Waals surface area contributed by atoms with Crippen molar-refractivity contribution in [2.45, 2.75) is 39.5 Å². The first kappa shape index (κ1) is 16.3. The first-order chi connectivity index (χ1) is 10.6. The van der Waals surface area contributed by atoms with E-state index in [-0.39, 0.29) is 5.91 Å². The number of hydrogen-bond donors (Lipinski definition) is 1. The number of aryl methyl sites for hydroxylation is 3. The third kappa shape index (κ3) is 4.73. The third-order valence-corrected chi connectivity index (χ3v) is 4.09. The highest BCUT2D eigenvalue weighted by molar-refractivity contribution is 5.76. The van der Waals surface area contributed by atoms with E-state index in [1.54, 1.807) is 0 Å². The molecule has 0 saturated carbocycles. The van der Waals surface area contributed by atoms with Crippen LogP contribution in [0.4, 0.5) is 0 Å². The number of carbonyl (C=O) groups excluding carboxylic acids is 1. The van der Waals surface area contributed by atoms with Gasteiger partial charge in [-0.1, -0.05) is 61.0 Å². The van der Waals surface area contributed by atoms with Gasteiger partial charge in [-0.25, -0.2) is 0 Å². The Morgan fingerprint density at radius 1 is 1.09 bits per heavy atom. The van der Waals surface area contributed by atoms with Crippen molar-refractivity contribution in [2.75, 3.05) is 6.54 Å². The molecule has 2 heteroatoms. The summed E-state index contributed by atoms with van der Waals surface area (Å²) < 4.78 is 0. The summed E-state index contributed by atoms with van der Waals surface area (Å²) in [6, 6.07) is 16.7. The molecular weight excluding hydrogens is 270 g/mol. The average Bonchev–Trinajstić information content (AvgIpc) is 2.52. The Morgan fingerprint density at radius 2 is 1.82 bits per heavy atom. The fourth-order valence-corrected chi connectivity index (χ4v) is 2.63. The first-order valence-electron chi connectivity index (χ1n) is 7.94. The second kappa shape index (κ2) is 7.79. The van der Waals surface area contributed by atoms with Crippen molar-refractivity contribution in [3.8, 4) is 0 Å². The zero-order valence-electron chi connectivity index (χ0n) is 13.7. The van der Waals surface area contributed by atoms with Crippen LogP contribution in [0.5, 0.6) is 0 Å². The Labute approximate surface area is 133 Å². The van der Waals surface area contributed by atoms with Crippen LogP contribution in [0, 0.1) is 13.8 Å². The number of rotatable bonds is 6. The van der Waals surface area contributed by atoms with Gasteiger partial charge in [0.2, 0.25) is 5.91 Å². The third-order valence-electron chi connectivity index (χ3n) is 4.09. The Hall–Kier alpha value is -2.09. The molecule has 0 radical (unpaired) electrons. The summed E-state index contributed by atoms with van der Waals surface area (Å²) in [7, 11) is 0. The number of hydrogen-bond acceptors (Lipinski definition) is 1. The SMILES string of the molecule is Cc1ccc(CCC(=O)NCC(C)c2ccccc2)c(C)c1.